The molecule has 1 saturated carbocycles. The molecular weight excluding hydrogens is 254 g/mol. The van der Waals surface area contributed by atoms with E-state index in [1.54, 1.807) is 7.11 Å². The van der Waals surface area contributed by atoms with Crippen LogP contribution in [-0.2, 0) is 14.3 Å². The number of hydrogen-bond acceptors (Lipinski definition) is 3. The van der Waals surface area contributed by atoms with Gasteiger partial charge >= 0.3 is 0 Å². The number of likely N-dealkylation sites (tertiary alicyclic amines) is 1. The second kappa shape index (κ2) is 5.70. The van der Waals surface area contributed by atoms with Crippen LogP contribution >= 0.6 is 0 Å². The molecule has 3 rings (SSSR count). The van der Waals surface area contributed by atoms with Gasteiger partial charge in [0.1, 0.15) is 0 Å². The monoisotopic (exact) mass is 277 g/mol. The molecule has 1 heterocycles. The van der Waals surface area contributed by atoms with Crippen LogP contribution in [0.2, 0.25) is 0 Å². The van der Waals surface area contributed by atoms with Crippen LogP contribution in [0.25, 0.3) is 0 Å². The Hall–Kier alpha value is -1.13. The van der Waals surface area contributed by atoms with Gasteiger partial charge in [-0.05, 0) is 31.4 Å². The average Bonchev–Trinajstić information content (AvgIpc) is 3.11. The fraction of sp³-hybridized carbons (Fsp3) is 0.688. The molecule has 0 N–H and O–H groups in total. The van der Waals surface area contributed by atoms with Crippen LogP contribution in [-0.4, -0.2) is 36.4 Å². The molecular formula is C16H23NO3. The molecule has 1 atom stereocenters. The van der Waals surface area contributed by atoms with E-state index in [1.807, 2.05) is 17.1 Å². The third kappa shape index (κ3) is 2.67. The van der Waals surface area contributed by atoms with Crippen LogP contribution in [0.15, 0.2) is 23.9 Å². The number of rotatable bonds is 4. The second-order valence-corrected chi connectivity index (χ2v) is 5.86. The van der Waals surface area contributed by atoms with Crippen molar-refractivity contribution in [1.82, 2.24) is 4.90 Å². The molecule has 4 heteroatoms. The molecule has 110 valence electrons. The molecule has 4 nitrogen and oxygen atoms in total. The number of carbonyl (C=O) groups is 1. The van der Waals surface area contributed by atoms with E-state index < -0.39 is 5.79 Å². The van der Waals surface area contributed by atoms with Crippen LogP contribution < -0.4 is 0 Å². The zero-order chi connectivity index (χ0) is 14.0. The lowest BCUT2D eigenvalue weighted by Gasteiger charge is -2.34. The van der Waals surface area contributed by atoms with E-state index in [1.165, 1.54) is 12.8 Å². The highest BCUT2D eigenvalue weighted by molar-refractivity contribution is 5.80. The first-order chi connectivity index (χ1) is 9.72. The zero-order valence-electron chi connectivity index (χ0n) is 12.1. The van der Waals surface area contributed by atoms with Crippen LogP contribution in [0, 0.1) is 0 Å². The molecule has 0 aromatic rings. The molecule has 0 unspecified atom stereocenters. The topological polar surface area (TPSA) is 38.8 Å². The fourth-order valence-electron chi connectivity index (χ4n) is 3.29. The van der Waals surface area contributed by atoms with Gasteiger partial charge in [0, 0.05) is 32.2 Å². The van der Waals surface area contributed by atoms with Gasteiger partial charge in [0.2, 0.25) is 5.91 Å². The van der Waals surface area contributed by atoms with Crippen molar-refractivity contribution in [3.8, 4) is 0 Å². The molecule has 0 aromatic carbocycles. The quantitative estimate of drug-likeness (QED) is 0.742. The summed E-state index contributed by atoms with van der Waals surface area (Å²) in [7, 11) is 1.69. The van der Waals surface area contributed by atoms with Crippen LogP contribution in [0.1, 0.15) is 44.9 Å². The number of hydrogen-bond donors (Lipinski definition) is 0. The van der Waals surface area contributed by atoms with E-state index >= 15 is 0 Å². The Morgan fingerprint density at radius 2 is 2.10 bits per heavy atom. The van der Waals surface area contributed by atoms with Gasteiger partial charge < -0.3 is 14.4 Å². The average molecular weight is 277 g/mol. The minimum Gasteiger partial charge on any atom is -0.349 e. The van der Waals surface area contributed by atoms with Crippen molar-refractivity contribution in [3.63, 3.8) is 0 Å². The summed E-state index contributed by atoms with van der Waals surface area (Å²) < 4.78 is 11.8. The van der Waals surface area contributed by atoms with Gasteiger partial charge in [0.25, 0.3) is 0 Å². The summed E-state index contributed by atoms with van der Waals surface area (Å²) in [5.41, 5.74) is 0.996. The Labute approximate surface area is 120 Å². The van der Waals surface area contributed by atoms with Gasteiger partial charge in [0.15, 0.2) is 5.79 Å². The smallest absolute Gasteiger partial charge is 0.227 e. The molecule has 0 radical (unpaired) electrons. The van der Waals surface area contributed by atoms with Crippen molar-refractivity contribution < 1.29 is 14.3 Å². The normalized spacial score (nSPS) is 31.1. The van der Waals surface area contributed by atoms with Crippen molar-refractivity contribution >= 4 is 5.91 Å². The van der Waals surface area contributed by atoms with Crippen LogP contribution in [0.4, 0.5) is 0 Å². The molecule has 2 aliphatic carbocycles. The van der Waals surface area contributed by atoms with Crippen molar-refractivity contribution in [3.05, 3.63) is 23.9 Å². The fourth-order valence-corrected chi connectivity index (χ4v) is 3.29. The molecule has 1 aliphatic heterocycles. The predicted octanol–water partition coefficient (Wildman–Crippen LogP) is 2.75. The largest absolute Gasteiger partial charge is 0.349 e. The van der Waals surface area contributed by atoms with E-state index in [2.05, 4.69) is 6.08 Å². The van der Waals surface area contributed by atoms with Gasteiger partial charge in [-0.15, -0.1) is 0 Å². The Morgan fingerprint density at radius 1 is 1.30 bits per heavy atom. The number of methoxy groups -OCH3 is 1. The first kappa shape index (κ1) is 13.8. The Bertz CT molecular complexity index is 437. The zero-order valence-corrected chi connectivity index (χ0v) is 12.1. The summed E-state index contributed by atoms with van der Waals surface area (Å²) in [6, 6.07) is 0. The second-order valence-electron chi connectivity index (χ2n) is 5.86. The van der Waals surface area contributed by atoms with Crippen molar-refractivity contribution in [2.75, 3.05) is 13.7 Å². The highest BCUT2D eigenvalue weighted by Crippen LogP contribution is 2.33. The summed E-state index contributed by atoms with van der Waals surface area (Å²) in [5, 5.41) is 0. The number of allylic oxidation sites excluding steroid dienone is 1. The Kier molecular flexibility index (Phi) is 3.94. The minimum atomic E-state index is -0.638. The van der Waals surface area contributed by atoms with Crippen molar-refractivity contribution in [2.45, 2.75) is 56.8 Å². The first-order valence-electron chi connectivity index (χ1n) is 7.65. The summed E-state index contributed by atoms with van der Waals surface area (Å²) >= 11 is 0. The van der Waals surface area contributed by atoms with Crippen LogP contribution in [0.3, 0.4) is 0 Å². The molecule has 0 aromatic heterocycles. The third-order valence-corrected chi connectivity index (χ3v) is 4.50. The number of carbonyl (C=O) groups excluding carboxylic acids is 1. The maximum atomic E-state index is 11.8. The molecule has 1 saturated heterocycles. The highest BCUT2D eigenvalue weighted by Gasteiger charge is 2.35. The maximum absolute atomic E-state index is 11.8. The Morgan fingerprint density at radius 3 is 2.65 bits per heavy atom. The summed E-state index contributed by atoms with van der Waals surface area (Å²) in [6.45, 7) is 0.832. The molecule has 3 aliphatic rings. The van der Waals surface area contributed by atoms with E-state index in [9.17, 15) is 4.79 Å². The third-order valence-electron chi connectivity index (χ3n) is 4.50. The lowest BCUT2D eigenvalue weighted by molar-refractivity contribution is -0.211. The first-order valence-corrected chi connectivity index (χ1v) is 7.65. The molecule has 0 bridgehead atoms. The van der Waals surface area contributed by atoms with Gasteiger partial charge in [0.05, 0.1) is 6.10 Å². The van der Waals surface area contributed by atoms with E-state index in [0.29, 0.717) is 18.9 Å². The Balaban J connectivity index is 1.67. The van der Waals surface area contributed by atoms with Crippen LogP contribution in [0.5, 0.6) is 0 Å². The molecule has 1 amide bonds. The van der Waals surface area contributed by atoms with Gasteiger partial charge in [-0.2, -0.15) is 0 Å². The molecule has 2 fully saturated rings. The van der Waals surface area contributed by atoms with E-state index in [-0.39, 0.29) is 5.91 Å². The SMILES string of the molecule is CO[C@]1(OC2CCCC2)C=CC(N2CCCC2=O)=CC1. The summed E-state index contributed by atoms with van der Waals surface area (Å²) in [4.78, 5) is 13.6. The number of amides is 1. The lowest BCUT2D eigenvalue weighted by atomic mass is 10.0. The predicted molar refractivity (Wildman–Crippen MR) is 75.9 cm³/mol. The standard InChI is InChI=1S/C16H23NO3/c1-19-16(20-14-5-2-3-6-14)10-8-13(9-11-16)17-12-4-7-15(17)18/h8-10,14H,2-7,11-12H2,1H3/t16-/m0/s1. The van der Waals surface area contributed by atoms with Crippen molar-refractivity contribution in [2.24, 2.45) is 0 Å². The number of ether oxygens (including phenoxy) is 2. The lowest BCUT2D eigenvalue weighted by Crippen LogP contribution is -2.38. The summed E-state index contributed by atoms with van der Waals surface area (Å²) in [5.74, 6) is -0.413. The molecule has 20 heavy (non-hydrogen) atoms. The number of nitrogens with zero attached hydrogens (tertiary/aromatic N) is 1. The van der Waals surface area contributed by atoms with Gasteiger partial charge in [-0.1, -0.05) is 18.9 Å². The highest BCUT2D eigenvalue weighted by atomic mass is 16.7. The summed E-state index contributed by atoms with van der Waals surface area (Å²) in [6.07, 6.45) is 13.4. The van der Waals surface area contributed by atoms with Gasteiger partial charge in [-0.3, -0.25) is 4.79 Å². The minimum absolute atomic E-state index is 0.225. The van der Waals surface area contributed by atoms with E-state index in [4.69, 9.17) is 9.47 Å². The van der Waals surface area contributed by atoms with Crippen molar-refractivity contribution in [1.29, 1.82) is 0 Å². The maximum Gasteiger partial charge on any atom is 0.227 e. The van der Waals surface area contributed by atoms with Gasteiger partial charge in [-0.25, -0.2) is 0 Å². The molecule has 0 spiro atoms. The van der Waals surface area contributed by atoms with E-state index in [0.717, 1.165) is 31.5 Å².